The van der Waals surface area contributed by atoms with Gasteiger partial charge in [-0.05, 0) is 58.2 Å². The second-order valence-electron chi connectivity index (χ2n) is 7.78. The molecule has 2 N–H and O–H groups in total. The van der Waals surface area contributed by atoms with Crippen LogP contribution < -0.4 is 10.6 Å². The number of aromatic nitrogens is 3. The lowest BCUT2D eigenvalue weighted by molar-refractivity contribution is 0.191. The Morgan fingerprint density at radius 2 is 2.04 bits per heavy atom. The number of piperidine rings is 1. The third-order valence-corrected chi connectivity index (χ3v) is 5.43. The Hall–Kier alpha value is -0.900. The molecule has 2 rings (SSSR count). The summed E-state index contributed by atoms with van der Waals surface area (Å²) in [5.74, 6) is 2.84. The maximum absolute atomic E-state index is 4.80. The summed E-state index contributed by atoms with van der Waals surface area (Å²) in [6.45, 7) is 15.1. The molecule has 0 spiro atoms. The van der Waals surface area contributed by atoms with Gasteiger partial charge in [0.2, 0.25) is 0 Å². The van der Waals surface area contributed by atoms with Crippen molar-refractivity contribution >= 4 is 29.9 Å². The smallest absolute Gasteiger partial charge is 0.191 e. The van der Waals surface area contributed by atoms with Gasteiger partial charge in [0.1, 0.15) is 12.2 Å². The average Bonchev–Trinajstić information content (AvgIpc) is 3.13. The van der Waals surface area contributed by atoms with Crippen LogP contribution in [0.15, 0.2) is 11.3 Å². The first kappa shape index (κ1) is 25.1. The number of nitrogens with one attached hydrogen (secondary N) is 2. The molecule has 28 heavy (non-hydrogen) atoms. The molecule has 1 aromatic heterocycles. The molecule has 1 aromatic rings. The summed E-state index contributed by atoms with van der Waals surface area (Å²) in [4.78, 5) is 7.39. The van der Waals surface area contributed by atoms with E-state index in [1.165, 1.54) is 25.9 Å². The van der Waals surface area contributed by atoms with E-state index in [0.29, 0.717) is 6.04 Å². The lowest BCUT2D eigenvalue weighted by Crippen LogP contribution is -2.43. The Kier molecular flexibility index (Phi) is 12.7. The van der Waals surface area contributed by atoms with Crippen LogP contribution in [-0.2, 0) is 13.0 Å². The molecule has 1 aliphatic heterocycles. The zero-order valence-corrected chi connectivity index (χ0v) is 20.5. The van der Waals surface area contributed by atoms with Crippen molar-refractivity contribution in [3.63, 3.8) is 0 Å². The first-order valence-corrected chi connectivity index (χ1v) is 10.8. The van der Waals surface area contributed by atoms with Crippen LogP contribution in [0.1, 0.15) is 59.2 Å². The van der Waals surface area contributed by atoms with Gasteiger partial charge >= 0.3 is 0 Å². The monoisotopic (exact) mass is 505 g/mol. The standard InChI is InChI=1S/C20H39N7.HI/c1-5-18(4)24-20(22-11-15-27-16-23-25-19(27)6-2)21-10-7-12-26-13-8-17(3)9-14-26;/h16-18H,5-15H2,1-4H3,(H2,21,22,24);1H. The summed E-state index contributed by atoms with van der Waals surface area (Å²) < 4.78 is 2.10. The van der Waals surface area contributed by atoms with Gasteiger partial charge in [0.05, 0.1) is 0 Å². The van der Waals surface area contributed by atoms with Crippen LogP contribution in [0.3, 0.4) is 0 Å². The summed E-state index contributed by atoms with van der Waals surface area (Å²) in [6, 6.07) is 0.418. The van der Waals surface area contributed by atoms with E-state index in [0.717, 1.165) is 63.1 Å². The van der Waals surface area contributed by atoms with Gasteiger partial charge in [0, 0.05) is 32.1 Å². The number of halogens is 1. The quantitative estimate of drug-likeness (QED) is 0.222. The SMILES string of the molecule is CCc1nncn1CCNC(=NCCCN1CCC(C)CC1)NC(C)CC.I. The van der Waals surface area contributed by atoms with Crippen LogP contribution in [0.25, 0.3) is 0 Å². The van der Waals surface area contributed by atoms with Gasteiger partial charge in [-0.2, -0.15) is 0 Å². The van der Waals surface area contributed by atoms with Gasteiger partial charge in [0.15, 0.2) is 5.96 Å². The fourth-order valence-electron chi connectivity index (χ4n) is 3.29. The molecule has 162 valence electrons. The van der Waals surface area contributed by atoms with E-state index in [9.17, 15) is 0 Å². The van der Waals surface area contributed by atoms with Crippen molar-refractivity contribution in [2.75, 3.05) is 32.7 Å². The second-order valence-corrected chi connectivity index (χ2v) is 7.78. The molecule has 0 saturated carbocycles. The van der Waals surface area contributed by atoms with E-state index in [1.54, 1.807) is 6.33 Å². The Morgan fingerprint density at radius 1 is 1.29 bits per heavy atom. The van der Waals surface area contributed by atoms with Crippen molar-refractivity contribution in [3.8, 4) is 0 Å². The van der Waals surface area contributed by atoms with Gasteiger partial charge in [-0.1, -0.05) is 20.8 Å². The van der Waals surface area contributed by atoms with Crippen molar-refractivity contribution in [1.82, 2.24) is 30.3 Å². The molecule has 1 unspecified atom stereocenters. The number of hydrogen-bond donors (Lipinski definition) is 2. The van der Waals surface area contributed by atoms with Gasteiger partial charge in [0.25, 0.3) is 0 Å². The number of likely N-dealkylation sites (tertiary alicyclic amines) is 1. The normalized spacial score (nSPS) is 17.2. The summed E-state index contributed by atoms with van der Waals surface area (Å²) >= 11 is 0. The minimum atomic E-state index is 0. The molecule has 1 saturated heterocycles. The molecule has 0 aromatic carbocycles. The third-order valence-electron chi connectivity index (χ3n) is 5.43. The number of hydrogen-bond acceptors (Lipinski definition) is 4. The van der Waals surface area contributed by atoms with Crippen molar-refractivity contribution in [2.45, 2.75) is 72.4 Å². The first-order chi connectivity index (χ1) is 13.1. The second kappa shape index (κ2) is 14.1. The molecular weight excluding hydrogens is 465 g/mol. The van der Waals surface area contributed by atoms with E-state index in [2.05, 4.69) is 58.0 Å². The topological polar surface area (TPSA) is 70.4 Å². The van der Waals surface area contributed by atoms with Crippen LogP contribution in [0.5, 0.6) is 0 Å². The van der Waals surface area contributed by atoms with E-state index in [4.69, 9.17) is 4.99 Å². The van der Waals surface area contributed by atoms with Crippen molar-refractivity contribution in [2.24, 2.45) is 10.9 Å². The minimum absolute atomic E-state index is 0. The third kappa shape index (κ3) is 9.07. The molecule has 0 aliphatic carbocycles. The highest BCUT2D eigenvalue weighted by molar-refractivity contribution is 14.0. The molecule has 0 radical (unpaired) electrons. The molecular formula is C20H40IN7. The van der Waals surface area contributed by atoms with Crippen LogP contribution >= 0.6 is 24.0 Å². The summed E-state index contributed by atoms with van der Waals surface area (Å²) in [6.07, 6.45) is 7.59. The van der Waals surface area contributed by atoms with Crippen molar-refractivity contribution in [3.05, 3.63) is 12.2 Å². The minimum Gasteiger partial charge on any atom is -0.355 e. The van der Waals surface area contributed by atoms with Crippen molar-refractivity contribution in [1.29, 1.82) is 0 Å². The van der Waals surface area contributed by atoms with Gasteiger partial charge in [-0.25, -0.2) is 0 Å². The van der Waals surface area contributed by atoms with Crippen LogP contribution in [0.4, 0.5) is 0 Å². The summed E-state index contributed by atoms with van der Waals surface area (Å²) in [5.41, 5.74) is 0. The molecule has 1 aliphatic rings. The lowest BCUT2D eigenvalue weighted by Gasteiger charge is -2.29. The van der Waals surface area contributed by atoms with Crippen LogP contribution in [0.2, 0.25) is 0 Å². The fourth-order valence-corrected chi connectivity index (χ4v) is 3.29. The molecule has 8 heteroatoms. The highest BCUT2D eigenvalue weighted by atomic mass is 127. The molecule has 0 bridgehead atoms. The molecule has 2 heterocycles. The predicted octanol–water partition coefficient (Wildman–Crippen LogP) is 2.91. The van der Waals surface area contributed by atoms with Gasteiger partial charge in [-0.15, -0.1) is 34.2 Å². The van der Waals surface area contributed by atoms with E-state index in [-0.39, 0.29) is 24.0 Å². The Bertz CT molecular complexity index is 553. The number of aliphatic imine (C=N–C) groups is 1. The highest BCUT2D eigenvalue weighted by Gasteiger charge is 2.14. The molecule has 1 fully saturated rings. The Labute approximate surface area is 188 Å². The van der Waals surface area contributed by atoms with E-state index < -0.39 is 0 Å². The zero-order chi connectivity index (χ0) is 19.5. The number of nitrogens with zero attached hydrogens (tertiary/aromatic N) is 5. The molecule has 7 nitrogen and oxygen atoms in total. The predicted molar refractivity (Wildman–Crippen MR) is 127 cm³/mol. The van der Waals surface area contributed by atoms with Gasteiger partial charge < -0.3 is 20.1 Å². The molecule has 0 amide bonds. The van der Waals surface area contributed by atoms with Crippen molar-refractivity contribution < 1.29 is 0 Å². The Morgan fingerprint density at radius 3 is 2.71 bits per heavy atom. The largest absolute Gasteiger partial charge is 0.355 e. The summed E-state index contributed by atoms with van der Waals surface area (Å²) in [5, 5.41) is 15.1. The highest BCUT2D eigenvalue weighted by Crippen LogP contribution is 2.15. The molecule has 1 atom stereocenters. The maximum Gasteiger partial charge on any atom is 0.191 e. The van der Waals surface area contributed by atoms with E-state index in [1.807, 2.05) is 0 Å². The number of rotatable bonds is 10. The summed E-state index contributed by atoms with van der Waals surface area (Å²) in [7, 11) is 0. The first-order valence-electron chi connectivity index (χ1n) is 10.8. The zero-order valence-electron chi connectivity index (χ0n) is 18.2. The average molecular weight is 505 g/mol. The lowest BCUT2D eigenvalue weighted by atomic mass is 9.99. The van der Waals surface area contributed by atoms with Crippen LogP contribution in [0, 0.1) is 5.92 Å². The van der Waals surface area contributed by atoms with E-state index >= 15 is 0 Å². The number of guanidine groups is 1. The number of aryl methyl sites for hydroxylation is 1. The Balaban J connectivity index is 0.00000392. The fraction of sp³-hybridized carbons (Fsp3) is 0.850. The maximum atomic E-state index is 4.80. The van der Waals surface area contributed by atoms with Crippen LogP contribution in [-0.4, -0.2) is 64.4 Å². The van der Waals surface area contributed by atoms with Gasteiger partial charge in [-0.3, -0.25) is 4.99 Å².